The molecule has 0 aromatic heterocycles. The van der Waals surface area contributed by atoms with Gasteiger partial charge in [0.1, 0.15) is 23.4 Å². The lowest BCUT2D eigenvalue weighted by Gasteiger charge is -2.34. The summed E-state index contributed by atoms with van der Waals surface area (Å²) in [5.74, 6) is -1.44. The van der Waals surface area contributed by atoms with E-state index in [0.717, 1.165) is 0 Å². The van der Waals surface area contributed by atoms with Crippen LogP contribution in [0.15, 0.2) is 18.2 Å². The van der Waals surface area contributed by atoms with Crippen LogP contribution < -0.4 is 14.3 Å². The number of methoxy groups -OCH3 is 2. The number of carbonyl (C=O) groups is 2. The first-order valence-electron chi connectivity index (χ1n) is 7.98. The molecule has 0 aliphatic rings. The van der Waals surface area contributed by atoms with Crippen molar-refractivity contribution in [1.29, 1.82) is 0 Å². The molecule has 1 aromatic carbocycles. The predicted molar refractivity (Wildman–Crippen MR) is 97.1 cm³/mol. The maximum absolute atomic E-state index is 13.3. The van der Waals surface area contributed by atoms with Crippen molar-refractivity contribution in [3.8, 4) is 11.5 Å². The number of nitrogens with one attached hydrogen (secondary N) is 1. The summed E-state index contributed by atoms with van der Waals surface area (Å²) in [4.78, 5) is 23.6. The van der Waals surface area contributed by atoms with Crippen LogP contribution in [0.3, 0.4) is 0 Å². The lowest BCUT2D eigenvalue weighted by molar-refractivity contribution is -0.145. The Labute approximate surface area is 153 Å². The monoisotopic (exact) mass is 387 g/mol. The number of Topliss-reactive ketones (excluding diaryl/α,β-unsaturated/α-hetero) is 1. The summed E-state index contributed by atoms with van der Waals surface area (Å²) in [5, 5.41) is 12.2. The fourth-order valence-corrected chi connectivity index (χ4v) is 4.22. The van der Waals surface area contributed by atoms with Crippen molar-refractivity contribution < 1.29 is 33.3 Å². The summed E-state index contributed by atoms with van der Waals surface area (Å²) in [6.45, 7) is 6.14. The summed E-state index contributed by atoms with van der Waals surface area (Å²) >= 11 is 0. The zero-order valence-electron chi connectivity index (χ0n) is 15.9. The zero-order chi connectivity index (χ0) is 20.1. The van der Waals surface area contributed by atoms with Gasteiger partial charge in [0.2, 0.25) is 0 Å². The third kappa shape index (κ3) is 5.06. The van der Waals surface area contributed by atoms with Crippen LogP contribution in [0.5, 0.6) is 11.5 Å². The molecular formula is C17H26NO7P. The summed E-state index contributed by atoms with van der Waals surface area (Å²) in [6, 6.07) is 4.49. The maximum Gasteiger partial charge on any atom is 0.342 e. The summed E-state index contributed by atoms with van der Waals surface area (Å²) in [7, 11) is -1.06. The average molecular weight is 387 g/mol. The largest absolute Gasteiger partial charge is 0.497 e. The fraction of sp³-hybridized carbons (Fsp3) is 0.529. The smallest absolute Gasteiger partial charge is 0.342 e. The quantitative estimate of drug-likeness (QED) is 0.465. The van der Waals surface area contributed by atoms with Gasteiger partial charge in [0.05, 0.1) is 12.7 Å². The van der Waals surface area contributed by atoms with Gasteiger partial charge in [0, 0.05) is 13.2 Å². The lowest BCUT2D eigenvalue weighted by Crippen LogP contribution is -2.52. The first-order valence-corrected chi connectivity index (χ1v) is 9.79. The molecule has 26 heavy (non-hydrogen) atoms. The Hall–Kier alpha value is -1.89. The van der Waals surface area contributed by atoms with Crippen LogP contribution in [0, 0.1) is 5.92 Å². The average Bonchev–Trinajstić information content (AvgIpc) is 2.53. The van der Waals surface area contributed by atoms with E-state index in [1.54, 1.807) is 19.9 Å². The van der Waals surface area contributed by atoms with Crippen LogP contribution in [-0.4, -0.2) is 43.0 Å². The number of hydrogen-bond acceptors (Lipinski definition) is 6. The van der Waals surface area contributed by atoms with Crippen molar-refractivity contribution in [2.45, 2.75) is 33.2 Å². The van der Waals surface area contributed by atoms with E-state index >= 15 is 0 Å². The third-order valence-electron chi connectivity index (χ3n) is 4.11. The number of carbonyl (C=O) groups excluding carboxylic acids is 1. The minimum Gasteiger partial charge on any atom is -0.497 e. The van der Waals surface area contributed by atoms with E-state index in [2.05, 4.69) is 5.09 Å². The molecule has 146 valence electrons. The van der Waals surface area contributed by atoms with Gasteiger partial charge in [-0.2, -0.15) is 0 Å². The molecule has 0 fully saturated rings. The van der Waals surface area contributed by atoms with E-state index in [9.17, 15) is 19.3 Å². The van der Waals surface area contributed by atoms with Crippen LogP contribution in [-0.2, 0) is 14.1 Å². The highest BCUT2D eigenvalue weighted by atomic mass is 31.2. The fourth-order valence-electron chi connectivity index (χ4n) is 2.18. The van der Waals surface area contributed by atoms with Crippen LogP contribution >= 0.6 is 7.52 Å². The van der Waals surface area contributed by atoms with E-state index < -0.39 is 24.9 Å². The molecule has 0 spiro atoms. The summed E-state index contributed by atoms with van der Waals surface area (Å²) < 4.78 is 29.0. The molecule has 0 aliphatic heterocycles. The molecule has 0 aliphatic carbocycles. The first kappa shape index (κ1) is 22.2. The number of ketones is 1. The second-order valence-electron chi connectivity index (χ2n) is 6.37. The van der Waals surface area contributed by atoms with Gasteiger partial charge >= 0.3 is 13.5 Å². The van der Waals surface area contributed by atoms with Crippen LogP contribution in [0.2, 0.25) is 0 Å². The molecule has 8 nitrogen and oxygen atoms in total. The van der Waals surface area contributed by atoms with E-state index in [0.29, 0.717) is 5.75 Å². The molecule has 0 bridgehead atoms. The van der Waals surface area contributed by atoms with Gasteiger partial charge in [-0.1, -0.05) is 13.8 Å². The number of benzene rings is 1. The molecule has 0 heterocycles. The third-order valence-corrected chi connectivity index (χ3v) is 6.01. The van der Waals surface area contributed by atoms with Crippen LogP contribution in [0.1, 0.15) is 38.1 Å². The molecule has 0 saturated heterocycles. The highest BCUT2D eigenvalue weighted by molar-refractivity contribution is 7.57. The summed E-state index contributed by atoms with van der Waals surface area (Å²) in [5.41, 5.74) is -1.32. The van der Waals surface area contributed by atoms with Crippen molar-refractivity contribution in [2.24, 2.45) is 5.92 Å². The Morgan fingerprint density at radius 2 is 1.92 bits per heavy atom. The molecule has 1 unspecified atom stereocenters. The van der Waals surface area contributed by atoms with Gasteiger partial charge in [-0.3, -0.25) is 14.2 Å². The standard InChI is InChI=1S/C17H26NO7P/c1-11(2)17(4,16(20)21)18-26(22,10-23-5)25-15-9-13(24-6)7-8-14(15)12(3)19/h7-9,11H,10H2,1-6H3,(H,18,22)(H,20,21)/t17-,26?/m0/s1. The zero-order valence-corrected chi connectivity index (χ0v) is 16.8. The Morgan fingerprint density at radius 3 is 2.35 bits per heavy atom. The molecule has 0 radical (unpaired) electrons. The molecule has 1 aromatic rings. The molecule has 9 heteroatoms. The van der Waals surface area contributed by atoms with Gasteiger partial charge in [0.15, 0.2) is 5.78 Å². The molecule has 1 rings (SSSR count). The summed E-state index contributed by atoms with van der Waals surface area (Å²) in [6.07, 6.45) is -0.378. The number of carboxylic acids is 1. The predicted octanol–water partition coefficient (Wildman–Crippen LogP) is 3.16. The Morgan fingerprint density at radius 1 is 1.31 bits per heavy atom. The van der Waals surface area contributed by atoms with Crippen molar-refractivity contribution in [3.63, 3.8) is 0 Å². The van der Waals surface area contributed by atoms with Crippen LogP contribution in [0.25, 0.3) is 0 Å². The molecule has 0 amide bonds. The molecule has 0 saturated carbocycles. The van der Waals surface area contributed by atoms with Crippen molar-refractivity contribution in [1.82, 2.24) is 5.09 Å². The normalized spacial score (nSPS) is 15.8. The minimum absolute atomic E-state index is 0.0289. The minimum atomic E-state index is -3.83. The SMILES string of the molecule is COCP(=O)(N[C@](C)(C(=O)O)C(C)C)Oc1cc(OC)ccc1C(C)=O. The number of rotatable bonds is 10. The Kier molecular flexibility index (Phi) is 7.38. The van der Waals surface area contributed by atoms with Crippen molar-refractivity contribution in [2.75, 3.05) is 20.6 Å². The highest BCUT2D eigenvalue weighted by Crippen LogP contribution is 2.47. The van der Waals surface area contributed by atoms with Gasteiger partial charge in [-0.05, 0) is 31.9 Å². The van der Waals surface area contributed by atoms with E-state index in [1.807, 2.05) is 0 Å². The number of hydrogen-bond donors (Lipinski definition) is 2. The van der Waals surface area contributed by atoms with Gasteiger partial charge < -0.3 is 19.1 Å². The number of carboxylic acid groups (broad SMARTS) is 1. The van der Waals surface area contributed by atoms with E-state index in [4.69, 9.17) is 14.0 Å². The molecule has 2 N–H and O–H groups in total. The van der Waals surface area contributed by atoms with Gasteiger partial charge in [0.25, 0.3) is 0 Å². The van der Waals surface area contributed by atoms with Gasteiger partial charge in [-0.25, -0.2) is 5.09 Å². The van der Waals surface area contributed by atoms with E-state index in [1.165, 1.54) is 40.2 Å². The highest BCUT2D eigenvalue weighted by Gasteiger charge is 2.44. The van der Waals surface area contributed by atoms with Gasteiger partial charge in [-0.15, -0.1) is 0 Å². The van der Waals surface area contributed by atoms with Crippen LogP contribution in [0.4, 0.5) is 0 Å². The van der Waals surface area contributed by atoms with Crippen molar-refractivity contribution >= 4 is 19.3 Å². The maximum atomic E-state index is 13.3. The first-order chi connectivity index (χ1) is 12.0. The second kappa shape index (κ2) is 8.66. The topological polar surface area (TPSA) is 111 Å². The Bertz CT molecular complexity index is 719. The second-order valence-corrected chi connectivity index (χ2v) is 8.39. The molecule has 2 atom stereocenters. The van der Waals surface area contributed by atoms with E-state index in [-0.39, 0.29) is 23.4 Å². The molecular weight excluding hydrogens is 361 g/mol. The Balaban J connectivity index is 3.36. The lowest BCUT2D eigenvalue weighted by atomic mass is 9.90. The number of aliphatic carboxylic acids is 1. The number of ether oxygens (including phenoxy) is 2. The van der Waals surface area contributed by atoms with Crippen molar-refractivity contribution in [3.05, 3.63) is 23.8 Å².